The second-order valence-corrected chi connectivity index (χ2v) is 10.5. The maximum absolute atomic E-state index is 14.0. The normalized spacial score (nSPS) is 15.4. The lowest BCUT2D eigenvalue weighted by Gasteiger charge is -2.46. The van der Waals surface area contributed by atoms with Crippen LogP contribution in [0.4, 0.5) is 4.79 Å². The summed E-state index contributed by atoms with van der Waals surface area (Å²) in [6.07, 6.45) is -4.53. The Morgan fingerprint density at radius 2 is 1.50 bits per heavy atom. The van der Waals surface area contributed by atoms with Gasteiger partial charge in [-0.2, -0.15) is 0 Å². The van der Waals surface area contributed by atoms with Crippen LogP contribution in [0.3, 0.4) is 0 Å². The number of rotatable bonds is 12. The summed E-state index contributed by atoms with van der Waals surface area (Å²) in [5, 5.41) is 36.0. The highest BCUT2D eigenvalue weighted by Gasteiger charge is 2.45. The molecule has 0 bridgehead atoms. The van der Waals surface area contributed by atoms with Crippen LogP contribution in [-0.2, 0) is 22.4 Å². The van der Waals surface area contributed by atoms with E-state index in [0.717, 1.165) is 16.1 Å². The smallest absolute Gasteiger partial charge is 0.426 e. The molecule has 0 aliphatic rings. The number of nitrogens with two attached hydrogens (primary N) is 1. The summed E-state index contributed by atoms with van der Waals surface area (Å²) >= 11 is 0. The molecule has 208 valence electrons. The number of carbonyl (C=O) groups excluding carboxylic acids is 2. The van der Waals surface area contributed by atoms with Crippen molar-refractivity contribution < 1.29 is 29.7 Å². The standard InChI is InChI=1S/C28H40N4O6/c1-19(34)22(17-21-13-9-6-10-14-21)31(27(37)38)32(26(36)24(30-18-33)28(2,3)4)25(29)23(35)16-15-20-11-7-5-8-12-20/h5-14,18-19,22-25,34-35H,15-17,29H2,1-4H3,(H,30,33)(H,37,38). The molecule has 2 rings (SSSR count). The molecule has 3 amide bonds. The van der Waals surface area contributed by atoms with Gasteiger partial charge in [0.15, 0.2) is 0 Å². The van der Waals surface area contributed by atoms with Gasteiger partial charge < -0.3 is 26.4 Å². The van der Waals surface area contributed by atoms with E-state index < -0.39 is 47.9 Å². The number of hydrazine groups is 1. The molecular formula is C28H40N4O6. The van der Waals surface area contributed by atoms with E-state index in [0.29, 0.717) is 17.8 Å². The number of aliphatic hydroxyl groups is 2. The fourth-order valence-electron chi connectivity index (χ4n) is 4.29. The van der Waals surface area contributed by atoms with Crippen molar-refractivity contribution in [1.82, 2.24) is 15.3 Å². The van der Waals surface area contributed by atoms with Gasteiger partial charge in [0.2, 0.25) is 6.41 Å². The first-order chi connectivity index (χ1) is 17.9. The Morgan fingerprint density at radius 1 is 0.974 bits per heavy atom. The van der Waals surface area contributed by atoms with E-state index in [1.165, 1.54) is 6.92 Å². The Morgan fingerprint density at radius 3 is 1.95 bits per heavy atom. The van der Waals surface area contributed by atoms with Crippen molar-refractivity contribution in [2.75, 3.05) is 0 Å². The van der Waals surface area contributed by atoms with Gasteiger partial charge in [-0.05, 0) is 42.7 Å². The van der Waals surface area contributed by atoms with Gasteiger partial charge in [0.05, 0.1) is 18.2 Å². The van der Waals surface area contributed by atoms with Crippen LogP contribution in [0.2, 0.25) is 0 Å². The molecular weight excluding hydrogens is 488 g/mol. The summed E-state index contributed by atoms with van der Waals surface area (Å²) < 4.78 is 0. The average molecular weight is 529 g/mol. The quantitative estimate of drug-likeness (QED) is 0.160. The van der Waals surface area contributed by atoms with Gasteiger partial charge in [0, 0.05) is 0 Å². The summed E-state index contributed by atoms with van der Waals surface area (Å²) in [6, 6.07) is 16.0. The maximum atomic E-state index is 14.0. The van der Waals surface area contributed by atoms with Crippen molar-refractivity contribution in [1.29, 1.82) is 0 Å². The highest BCUT2D eigenvalue weighted by molar-refractivity contribution is 5.86. The first kappa shape index (κ1) is 30.8. The molecule has 0 aliphatic heterocycles. The summed E-state index contributed by atoms with van der Waals surface area (Å²) in [6.45, 7) is 6.56. The van der Waals surface area contributed by atoms with E-state index in [9.17, 15) is 29.7 Å². The molecule has 6 N–H and O–H groups in total. The second-order valence-electron chi connectivity index (χ2n) is 10.5. The van der Waals surface area contributed by atoms with Gasteiger partial charge in [0.1, 0.15) is 12.2 Å². The molecule has 10 heteroatoms. The van der Waals surface area contributed by atoms with Crippen LogP contribution in [-0.4, -0.2) is 74.2 Å². The topological polar surface area (TPSA) is 156 Å². The SMILES string of the molecule is CC(O)C(Cc1ccccc1)N(C(=O)O)N(C(=O)C(NC=O)C(C)(C)C)C(N)C(O)CCc1ccccc1. The number of benzene rings is 2. The molecule has 0 radical (unpaired) electrons. The first-order valence-electron chi connectivity index (χ1n) is 12.6. The minimum absolute atomic E-state index is 0.0721. The lowest BCUT2D eigenvalue weighted by Crippen LogP contribution is -2.69. The molecule has 0 aromatic heterocycles. The first-order valence-corrected chi connectivity index (χ1v) is 12.6. The van der Waals surface area contributed by atoms with Crippen molar-refractivity contribution in [3.8, 4) is 0 Å². The summed E-state index contributed by atoms with van der Waals surface area (Å²) in [4.78, 5) is 38.1. The lowest BCUT2D eigenvalue weighted by molar-refractivity contribution is -0.172. The van der Waals surface area contributed by atoms with Gasteiger partial charge in [-0.15, -0.1) is 0 Å². The fraction of sp³-hybridized carbons (Fsp3) is 0.464. The highest BCUT2D eigenvalue weighted by Crippen LogP contribution is 2.26. The minimum atomic E-state index is -1.54. The molecule has 10 nitrogen and oxygen atoms in total. The van der Waals surface area contributed by atoms with Crippen molar-refractivity contribution in [3.05, 3.63) is 71.8 Å². The van der Waals surface area contributed by atoms with Crippen molar-refractivity contribution in [3.63, 3.8) is 0 Å². The number of hydrogen-bond donors (Lipinski definition) is 5. The number of aryl methyl sites for hydroxylation is 1. The number of amides is 3. The van der Waals surface area contributed by atoms with Gasteiger partial charge in [-0.25, -0.2) is 14.8 Å². The lowest BCUT2D eigenvalue weighted by atomic mass is 9.86. The minimum Gasteiger partial charge on any atom is -0.464 e. The second kappa shape index (κ2) is 13.9. The molecule has 5 unspecified atom stereocenters. The van der Waals surface area contributed by atoms with Crippen molar-refractivity contribution in [2.24, 2.45) is 11.1 Å². The Bertz CT molecular complexity index is 1030. The predicted octanol–water partition coefficient (Wildman–Crippen LogP) is 2.14. The van der Waals surface area contributed by atoms with E-state index in [1.54, 1.807) is 45.0 Å². The van der Waals surface area contributed by atoms with Crippen LogP contribution in [0.15, 0.2) is 60.7 Å². The number of hydrogen-bond acceptors (Lipinski definition) is 6. The number of carboxylic acid groups (broad SMARTS) is 1. The number of aliphatic hydroxyl groups excluding tert-OH is 2. The monoisotopic (exact) mass is 528 g/mol. The largest absolute Gasteiger partial charge is 0.464 e. The molecule has 0 spiro atoms. The molecule has 2 aromatic carbocycles. The van der Waals surface area contributed by atoms with Crippen LogP contribution in [0.5, 0.6) is 0 Å². The van der Waals surface area contributed by atoms with Crippen LogP contribution < -0.4 is 11.1 Å². The van der Waals surface area contributed by atoms with E-state index in [2.05, 4.69) is 5.32 Å². The third-order valence-electron chi connectivity index (χ3n) is 6.41. The fourth-order valence-corrected chi connectivity index (χ4v) is 4.29. The average Bonchev–Trinajstić information content (AvgIpc) is 2.87. The van der Waals surface area contributed by atoms with Gasteiger partial charge >= 0.3 is 6.09 Å². The number of nitrogens with one attached hydrogen (secondary N) is 1. The van der Waals surface area contributed by atoms with Gasteiger partial charge in [-0.3, -0.25) is 9.59 Å². The van der Waals surface area contributed by atoms with Crippen LogP contribution in [0.1, 0.15) is 45.2 Å². The summed E-state index contributed by atoms with van der Waals surface area (Å²) in [5.74, 6) is -0.822. The van der Waals surface area contributed by atoms with Crippen LogP contribution in [0.25, 0.3) is 0 Å². The zero-order valence-electron chi connectivity index (χ0n) is 22.4. The molecule has 0 saturated carbocycles. The highest BCUT2D eigenvalue weighted by atomic mass is 16.4. The van der Waals surface area contributed by atoms with Crippen molar-refractivity contribution >= 4 is 18.4 Å². The molecule has 0 saturated heterocycles. The Labute approximate surface area is 224 Å². The molecule has 38 heavy (non-hydrogen) atoms. The van der Waals surface area contributed by atoms with Crippen molar-refractivity contribution in [2.45, 2.75) is 77.4 Å². The Balaban J connectivity index is 2.53. The third-order valence-corrected chi connectivity index (χ3v) is 6.41. The zero-order valence-corrected chi connectivity index (χ0v) is 22.4. The number of nitrogens with zero attached hydrogens (tertiary/aromatic N) is 2. The molecule has 2 aromatic rings. The Hall–Kier alpha value is -3.47. The molecule has 0 fully saturated rings. The van der Waals surface area contributed by atoms with E-state index >= 15 is 0 Å². The zero-order chi connectivity index (χ0) is 28.5. The summed E-state index contributed by atoms with van der Waals surface area (Å²) in [5.41, 5.74) is 7.27. The summed E-state index contributed by atoms with van der Waals surface area (Å²) in [7, 11) is 0. The van der Waals surface area contributed by atoms with Gasteiger partial charge in [0.25, 0.3) is 5.91 Å². The molecule has 5 atom stereocenters. The van der Waals surface area contributed by atoms with E-state index in [-0.39, 0.29) is 12.8 Å². The maximum Gasteiger partial charge on any atom is 0.426 e. The predicted molar refractivity (Wildman–Crippen MR) is 144 cm³/mol. The molecule has 0 heterocycles. The van der Waals surface area contributed by atoms with E-state index in [4.69, 9.17) is 5.73 Å². The van der Waals surface area contributed by atoms with E-state index in [1.807, 2.05) is 36.4 Å². The Kier molecular flexibility index (Phi) is 11.2. The molecule has 0 aliphatic carbocycles. The van der Waals surface area contributed by atoms with Gasteiger partial charge in [-0.1, -0.05) is 81.4 Å². The third kappa shape index (κ3) is 8.27. The van der Waals surface area contributed by atoms with Crippen LogP contribution >= 0.6 is 0 Å². The van der Waals surface area contributed by atoms with Crippen LogP contribution in [0, 0.1) is 5.41 Å². The number of carbonyl (C=O) groups is 3.